The highest BCUT2D eigenvalue weighted by atomic mass is 35.5. The van der Waals surface area contributed by atoms with Crippen LogP contribution in [-0.2, 0) is 0 Å². The summed E-state index contributed by atoms with van der Waals surface area (Å²) in [5.41, 5.74) is 0.645. The van der Waals surface area contributed by atoms with E-state index in [-0.39, 0.29) is 12.1 Å². The maximum atomic E-state index is 12.4. The lowest BCUT2D eigenvalue weighted by Crippen LogP contribution is -2.34. The fourth-order valence-corrected chi connectivity index (χ4v) is 2.75. The maximum Gasteiger partial charge on any atom is 0.322 e. The molecule has 2 amide bonds. The number of para-hydroxylation sites is 2. The molecule has 2 aromatic rings. The monoisotopic (exact) mass is 347 g/mol. The zero-order valence-electron chi connectivity index (χ0n) is 13.2. The number of halogens is 1. The van der Waals surface area contributed by atoms with Crippen molar-refractivity contribution in [1.82, 2.24) is 9.88 Å². The topological polar surface area (TPSA) is 63.7 Å². The van der Waals surface area contributed by atoms with Gasteiger partial charge in [-0.15, -0.1) is 0 Å². The number of nitrogens with one attached hydrogen (secondary N) is 1. The molecule has 7 heteroatoms. The van der Waals surface area contributed by atoms with Gasteiger partial charge in [0.2, 0.25) is 0 Å². The Morgan fingerprint density at radius 2 is 2.17 bits per heavy atom. The van der Waals surface area contributed by atoms with E-state index in [2.05, 4.69) is 10.3 Å². The molecule has 126 valence electrons. The van der Waals surface area contributed by atoms with Gasteiger partial charge >= 0.3 is 6.03 Å². The summed E-state index contributed by atoms with van der Waals surface area (Å²) in [4.78, 5) is 18.1. The van der Waals surface area contributed by atoms with E-state index in [1.54, 1.807) is 36.4 Å². The number of methoxy groups -OCH3 is 1. The number of nitrogens with zero attached hydrogens (tertiary/aromatic N) is 2. The summed E-state index contributed by atoms with van der Waals surface area (Å²) < 4.78 is 11.1. The van der Waals surface area contributed by atoms with Crippen LogP contribution in [0.5, 0.6) is 11.5 Å². The number of hydrogen-bond donors (Lipinski definition) is 1. The Kier molecular flexibility index (Phi) is 5.05. The van der Waals surface area contributed by atoms with E-state index >= 15 is 0 Å². The summed E-state index contributed by atoms with van der Waals surface area (Å²) >= 11 is 6.05. The molecule has 0 spiro atoms. The third-order valence-electron chi connectivity index (χ3n) is 3.81. The number of aromatic nitrogens is 1. The van der Waals surface area contributed by atoms with Crippen LogP contribution in [-0.4, -0.2) is 42.2 Å². The van der Waals surface area contributed by atoms with Crippen molar-refractivity contribution >= 4 is 23.3 Å². The predicted octanol–water partition coefficient (Wildman–Crippen LogP) is 3.43. The highest BCUT2D eigenvalue weighted by Gasteiger charge is 2.28. The van der Waals surface area contributed by atoms with Gasteiger partial charge < -0.3 is 19.7 Å². The molecule has 1 fully saturated rings. The molecule has 1 saturated heterocycles. The van der Waals surface area contributed by atoms with Gasteiger partial charge in [-0.2, -0.15) is 0 Å². The second-order valence-corrected chi connectivity index (χ2v) is 5.82. The van der Waals surface area contributed by atoms with Crippen LogP contribution in [0.3, 0.4) is 0 Å². The summed E-state index contributed by atoms with van der Waals surface area (Å²) in [6.45, 7) is 1.12. The minimum Gasteiger partial charge on any atom is -0.495 e. The Morgan fingerprint density at radius 3 is 2.96 bits per heavy atom. The third kappa shape index (κ3) is 3.71. The number of carbonyl (C=O) groups is 1. The number of amides is 2. The molecular formula is C17H18ClN3O3. The van der Waals surface area contributed by atoms with E-state index in [1.165, 1.54) is 6.20 Å². The smallest absolute Gasteiger partial charge is 0.322 e. The summed E-state index contributed by atoms with van der Waals surface area (Å²) in [5.74, 6) is 1.21. The number of ether oxygens (including phenoxy) is 2. The Labute approximate surface area is 145 Å². The number of anilines is 1. The quantitative estimate of drug-likeness (QED) is 0.920. The third-order valence-corrected chi connectivity index (χ3v) is 4.09. The number of urea groups is 1. The summed E-state index contributed by atoms with van der Waals surface area (Å²) in [7, 11) is 1.57. The Balaban J connectivity index is 1.59. The summed E-state index contributed by atoms with van der Waals surface area (Å²) in [6.07, 6.45) is 3.83. The van der Waals surface area contributed by atoms with Gasteiger partial charge in [-0.05, 0) is 12.1 Å². The fraction of sp³-hybridized carbons (Fsp3) is 0.294. The second kappa shape index (κ2) is 7.40. The first-order valence-corrected chi connectivity index (χ1v) is 8.00. The van der Waals surface area contributed by atoms with Gasteiger partial charge in [0.1, 0.15) is 22.6 Å². The first-order valence-electron chi connectivity index (χ1n) is 7.62. The van der Waals surface area contributed by atoms with Crippen LogP contribution in [0.1, 0.15) is 6.42 Å². The van der Waals surface area contributed by atoms with Gasteiger partial charge in [0, 0.05) is 31.4 Å². The van der Waals surface area contributed by atoms with Crippen LogP contribution < -0.4 is 14.8 Å². The van der Waals surface area contributed by atoms with Gasteiger partial charge in [-0.1, -0.05) is 23.7 Å². The van der Waals surface area contributed by atoms with Crippen molar-refractivity contribution in [2.75, 3.05) is 25.5 Å². The van der Waals surface area contributed by atoms with Gasteiger partial charge in [0.15, 0.2) is 0 Å². The van der Waals surface area contributed by atoms with E-state index in [9.17, 15) is 4.79 Å². The zero-order valence-corrected chi connectivity index (χ0v) is 14.0. The average molecular weight is 348 g/mol. The van der Waals surface area contributed by atoms with E-state index in [4.69, 9.17) is 21.1 Å². The van der Waals surface area contributed by atoms with Crippen molar-refractivity contribution in [3.8, 4) is 11.5 Å². The molecule has 3 rings (SSSR count). The first kappa shape index (κ1) is 16.4. The molecule has 0 aliphatic carbocycles. The molecule has 0 bridgehead atoms. The molecule has 6 nitrogen and oxygen atoms in total. The van der Waals surface area contributed by atoms with Crippen molar-refractivity contribution in [3.63, 3.8) is 0 Å². The molecule has 1 aliphatic heterocycles. The van der Waals surface area contributed by atoms with Gasteiger partial charge in [0.05, 0.1) is 19.3 Å². The second-order valence-electron chi connectivity index (χ2n) is 5.41. The van der Waals surface area contributed by atoms with Gasteiger partial charge in [0.25, 0.3) is 0 Å². The lowest BCUT2D eigenvalue weighted by atomic mass is 10.3. The number of pyridine rings is 1. The van der Waals surface area contributed by atoms with E-state index < -0.39 is 0 Å². The van der Waals surface area contributed by atoms with Crippen LogP contribution in [0, 0.1) is 0 Å². The number of rotatable bonds is 4. The molecule has 24 heavy (non-hydrogen) atoms. The average Bonchev–Trinajstić information content (AvgIpc) is 3.06. The van der Waals surface area contributed by atoms with Gasteiger partial charge in [-0.25, -0.2) is 4.79 Å². The number of hydrogen-bond acceptors (Lipinski definition) is 4. The molecular weight excluding hydrogens is 330 g/mol. The molecule has 0 saturated carbocycles. The van der Waals surface area contributed by atoms with Crippen molar-refractivity contribution < 1.29 is 14.3 Å². The summed E-state index contributed by atoms with van der Waals surface area (Å²) in [6, 6.07) is 8.85. The minimum absolute atomic E-state index is 0.0895. The predicted molar refractivity (Wildman–Crippen MR) is 91.9 cm³/mol. The molecule has 1 N–H and O–H groups in total. The normalized spacial score (nSPS) is 16.8. The van der Waals surface area contributed by atoms with Crippen LogP contribution in [0.2, 0.25) is 5.02 Å². The van der Waals surface area contributed by atoms with E-state index in [0.717, 1.165) is 6.42 Å². The molecule has 1 aromatic carbocycles. The molecule has 0 radical (unpaired) electrons. The van der Waals surface area contributed by atoms with E-state index in [1.807, 2.05) is 12.1 Å². The zero-order chi connectivity index (χ0) is 16.9. The minimum atomic E-state index is -0.175. The van der Waals surface area contributed by atoms with Crippen LogP contribution in [0.25, 0.3) is 0 Å². The molecule has 1 aliphatic rings. The number of likely N-dealkylation sites (tertiary alicyclic amines) is 1. The fourth-order valence-electron chi connectivity index (χ4n) is 2.59. The van der Waals surface area contributed by atoms with Crippen molar-refractivity contribution in [1.29, 1.82) is 0 Å². The van der Waals surface area contributed by atoms with Crippen molar-refractivity contribution in [3.05, 3.63) is 47.7 Å². The molecule has 1 atom stereocenters. The van der Waals surface area contributed by atoms with Crippen molar-refractivity contribution in [2.45, 2.75) is 12.5 Å². The Morgan fingerprint density at radius 1 is 1.33 bits per heavy atom. The lowest BCUT2D eigenvalue weighted by Gasteiger charge is -2.19. The first-order chi connectivity index (χ1) is 11.7. The summed E-state index contributed by atoms with van der Waals surface area (Å²) in [5, 5.41) is 3.34. The van der Waals surface area contributed by atoms with E-state index in [0.29, 0.717) is 35.3 Å². The Bertz CT molecular complexity index is 726. The number of benzene rings is 1. The molecule has 2 heterocycles. The highest BCUT2D eigenvalue weighted by molar-refractivity contribution is 6.31. The number of carbonyl (C=O) groups excluding carboxylic acids is 1. The van der Waals surface area contributed by atoms with Crippen LogP contribution in [0.15, 0.2) is 42.7 Å². The van der Waals surface area contributed by atoms with Gasteiger partial charge in [-0.3, -0.25) is 4.98 Å². The van der Waals surface area contributed by atoms with Crippen LogP contribution in [0.4, 0.5) is 10.5 Å². The molecule has 0 unspecified atom stereocenters. The Hall–Kier alpha value is -2.47. The highest BCUT2D eigenvalue weighted by Crippen LogP contribution is 2.27. The standard InChI is InChI=1S/C17H18ClN3O3/c1-23-16-5-3-2-4-14(16)20-17(22)21-9-7-12(11-21)24-15-6-8-19-10-13(15)18/h2-6,8,10,12H,7,9,11H2,1H3,(H,20,22)/t12-/m1/s1. The van der Waals surface area contributed by atoms with Crippen LogP contribution >= 0.6 is 11.6 Å². The maximum absolute atomic E-state index is 12.4. The molecule has 1 aromatic heterocycles. The lowest BCUT2D eigenvalue weighted by molar-refractivity contribution is 0.195. The van der Waals surface area contributed by atoms with Crippen molar-refractivity contribution in [2.24, 2.45) is 0 Å². The largest absolute Gasteiger partial charge is 0.495 e. The SMILES string of the molecule is COc1ccccc1NC(=O)N1CC[C@@H](Oc2ccncc2Cl)C1.